The first kappa shape index (κ1) is 18.3. The molecule has 21 heavy (non-hydrogen) atoms. The summed E-state index contributed by atoms with van der Waals surface area (Å²) in [4.78, 5) is 0. The van der Waals surface area contributed by atoms with Crippen molar-refractivity contribution in [3.05, 3.63) is 28.5 Å². The number of rotatable bonds is 9. The van der Waals surface area contributed by atoms with E-state index in [1.54, 1.807) is 0 Å². The Hall–Kier alpha value is -0.700. The van der Waals surface area contributed by atoms with Crippen LogP contribution in [0.25, 0.3) is 0 Å². The van der Waals surface area contributed by atoms with Crippen LogP contribution in [0.1, 0.15) is 19.8 Å². The molecule has 0 fully saturated rings. The molecule has 0 aliphatic heterocycles. The molecule has 0 unspecified atom stereocenters. The van der Waals surface area contributed by atoms with Gasteiger partial charge in [0, 0.05) is 18.1 Å². The third-order valence-electron chi connectivity index (χ3n) is 2.83. The minimum absolute atomic E-state index is 0.312. The van der Waals surface area contributed by atoms with E-state index >= 15 is 0 Å². The van der Waals surface area contributed by atoms with Crippen molar-refractivity contribution in [3.63, 3.8) is 0 Å². The SMILES string of the molecule is CCCNCCCN(C)S(=O)(=O)Nc1ccc(F)cc1Br. The molecule has 0 atom stereocenters. The number of nitrogens with one attached hydrogen (secondary N) is 2. The highest BCUT2D eigenvalue weighted by Crippen LogP contribution is 2.24. The lowest BCUT2D eigenvalue weighted by atomic mass is 10.3. The van der Waals surface area contributed by atoms with Gasteiger partial charge in [0.05, 0.1) is 5.69 Å². The van der Waals surface area contributed by atoms with Gasteiger partial charge in [0.25, 0.3) is 0 Å². The Bertz CT molecular complexity index is 554. The van der Waals surface area contributed by atoms with Gasteiger partial charge in [0.1, 0.15) is 5.82 Å². The van der Waals surface area contributed by atoms with Crippen molar-refractivity contribution in [2.24, 2.45) is 0 Å². The highest BCUT2D eigenvalue weighted by molar-refractivity contribution is 9.10. The van der Waals surface area contributed by atoms with Crippen molar-refractivity contribution in [2.75, 3.05) is 31.4 Å². The van der Waals surface area contributed by atoms with Crippen molar-refractivity contribution in [1.82, 2.24) is 9.62 Å². The second-order valence-electron chi connectivity index (χ2n) is 4.66. The summed E-state index contributed by atoms with van der Waals surface area (Å²) >= 11 is 3.13. The molecule has 5 nitrogen and oxygen atoms in total. The second kappa shape index (κ2) is 8.67. The predicted molar refractivity (Wildman–Crippen MR) is 87.1 cm³/mol. The number of hydrogen-bond acceptors (Lipinski definition) is 3. The topological polar surface area (TPSA) is 61.4 Å². The van der Waals surface area contributed by atoms with E-state index < -0.39 is 16.0 Å². The van der Waals surface area contributed by atoms with E-state index in [0.717, 1.165) is 25.9 Å². The van der Waals surface area contributed by atoms with Crippen molar-refractivity contribution >= 4 is 31.8 Å². The first-order valence-corrected chi connectivity index (χ1v) is 9.00. The normalized spacial score (nSPS) is 11.9. The standard InChI is InChI=1S/C13H21BrFN3O2S/c1-3-7-16-8-4-9-18(2)21(19,20)17-13-6-5-11(15)10-12(13)14/h5-6,10,16-17H,3-4,7-9H2,1-2H3. The van der Waals surface area contributed by atoms with Crippen LogP contribution in [0.15, 0.2) is 22.7 Å². The molecule has 0 saturated carbocycles. The quantitative estimate of drug-likeness (QED) is 0.646. The Kier molecular flexibility index (Phi) is 7.58. The minimum Gasteiger partial charge on any atom is -0.317 e. The van der Waals surface area contributed by atoms with Gasteiger partial charge in [0.15, 0.2) is 0 Å². The Morgan fingerprint density at radius 3 is 2.67 bits per heavy atom. The van der Waals surface area contributed by atoms with Gasteiger partial charge < -0.3 is 5.32 Å². The zero-order valence-corrected chi connectivity index (χ0v) is 14.6. The third-order valence-corrected chi connectivity index (χ3v) is 4.97. The van der Waals surface area contributed by atoms with Crippen LogP contribution in [-0.4, -0.2) is 39.4 Å². The lowest BCUT2D eigenvalue weighted by Crippen LogP contribution is -2.34. The summed E-state index contributed by atoms with van der Waals surface area (Å²) in [7, 11) is -2.12. The fraction of sp³-hybridized carbons (Fsp3) is 0.538. The van der Waals surface area contributed by atoms with Crippen LogP contribution in [0.4, 0.5) is 10.1 Å². The largest absolute Gasteiger partial charge is 0.317 e. The molecule has 0 radical (unpaired) electrons. The maximum Gasteiger partial charge on any atom is 0.301 e. The van der Waals surface area contributed by atoms with Crippen molar-refractivity contribution in [1.29, 1.82) is 0 Å². The number of anilines is 1. The Morgan fingerprint density at radius 1 is 1.33 bits per heavy atom. The van der Waals surface area contributed by atoms with E-state index in [2.05, 4.69) is 32.9 Å². The van der Waals surface area contributed by atoms with E-state index in [-0.39, 0.29) is 0 Å². The summed E-state index contributed by atoms with van der Waals surface area (Å²) in [6.07, 6.45) is 1.77. The van der Waals surface area contributed by atoms with Crippen LogP contribution in [0.5, 0.6) is 0 Å². The number of nitrogens with zero attached hydrogens (tertiary/aromatic N) is 1. The van der Waals surface area contributed by atoms with E-state index in [9.17, 15) is 12.8 Å². The average Bonchev–Trinajstić information content (AvgIpc) is 2.41. The van der Waals surface area contributed by atoms with Crippen LogP contribution in [-0.2, 0) is 10.2 Å². The second-order valence-corrected chi connectivity index (χ2v) is 7.29. The summed E-state index contributed by atoms with van der Waals surface area (Å²) < 4.78 is 41.3. The highest BCUT2D eigenvalue weighted by atomic mass is 79.9. The Labute approximate surface area is 134 Å². The van der Waals surface area contributed by atoms with Gasteiger partial charge in [-0.25, -0.2) is 4.39 Å². The van der Waals surface area contributed by atoms with Gasteiger partial charge in [-0.05, 0) is 60.1 Å². The highest BCUT2D eigenvalue weighted by Gasteiger charge is 2.18. The molecule has 0 aromatic heterocycles. The van der Waals surface area contributed by atoms with E-state index in [1.165, 1.54) is 29.6 Å². The van der Waals surface area contributed by atoms with Crippen molar-refractivity contribution in [2.45, 2.75) is 19.8 Å². The smallest absolute Gasteiger partial charge is 0.301 e. The van der Waals surface area contributed by atoms with E-state index in [4.69, 9.17) is 0 Å². The molecular formula is C13H21BrFN3O2S. The summed E-state index contributed by atoms with van der Waals surface area (Å²) in [6.45, 7) is 4.18. The molecule has 0 saturated heterocycles. The number of halogens is 2. The molecule has 1 rings (SSSR count). The molecule has 0 amide bonds. The first-order valence-electron chi connectivity index (χ1n) is 6.76. The van der Waals surface area contributed by atoms with Gasteiger partial charge in [-0.3, -0.25) is 4.72 Å². The summed E-state index contributed by atoms with van der Waals surface area (Å²) in [5.41, 5.74) is 0.312. The fourth-order valence-corrected chi connectivity index (χ4v) is 3.20. The maximum absolute atomic E-state index is 13.0. The first-order chi connectivity index (χ1) is 9.86. The zero-order chi connectivity index (χ0) is 15.9. The van der Waals surface area contributed by atoms with Gasteiger partial charge in [-0.15, -0.1) is 0 Å². The minimum atomic E-state index is -3.64. The number of benzene rings is 1. The molecule has 0 heterocycles. The van der Waals surface area contributed by atoms with Crippen LogP contribution in [0.3, 0.4) is 0 Å². The van der Waals surface area contributed by atoms with Crippen LogP contribution in [0.2, 0.25) is 0 Å². The summed E-state index contributed by atoms with van der Waals surface area (Å²) in [5.74, 6) is -0.430. The summed E-state index contributed by atoms with van der Waals surface area (Å²) in [6, 6.07) is 3.80. The monoisotopic (exact) mass is 381 g/mol. The maximum atomic E-state index is 13.0. The molecule has 1 aromatic rings. The zero-order valence-electron chi connectivity index (χ0n) is 12.2. The lowest BCUT2D eigenvalue weighted by Gasteiger charge is -2.19. The Balaban J connectivity index is 2.55. The molecule has 0 aliphatic carbocycles. The Morgan fingerprint density at radius 2 is 2.05 bits per heavy atom. The molecule has 120 valence electrons. The van der Waals surface area contributed by atoms with Gasteiger partial charge in [0.2, 0.25) is 0 Å². The van der Waals surface area contributed by atoms with E-state index in [0.29, 0.717) is 16.7 Å². The van der Waals surface area contributed by atoms with Gasteiger partial charge in [-0.2, -0.15) is 12.7 Å². The van der Waals surface area contributed by atoms with Gasteiger partial charge >= 0.3 is 10.2 Å². The molecular weight excluding hydrogens is 361 g/mol. The molecule has 2 N–H and O–H groups in total. The molecule has 1 aromatic carbocycles. The summed E-state index contributed by atoms with van der Waals surface area (Å²) in [5, 5.41) is 3.22. The van der Waals surface area contributed by atoms with Crippen LogP contribution in [0, 0.1) is 5.82 Å². The van der Waals surface area contributed by atoms with Crippen molar-refractivity contribution < 1.29 is 12.8 Å². The van der Waals surface area contributed by atoms with E-state index in [1.807, 2.05) is 0 Å². The fourth-order valence-electron chi connectivity index (χ4n) is 1.64. The predicted octanol–water partition coefficient (Wildman–Crippen LogP) is 2.57. The van der Waals surface area contributed by atoms with Gasteiger partial charge in [-0.1, -0.05) is 6.92 Å². The average molecular weight is 382 g/mol. The molecule has 8 heteroatoms. The lowest BCUT2D eigenvalue weighted by molar-refractivity contribution is 0.458. The number of hydrogen-bond donors (Lipinski definition) is 2. The van der Waals surface area contributed by atoms with Crippen LogP contribution >= 0.6 is 15.9 Å². The third kappa shape index (κ3) is 6.29. The molecule has 0 bridgehead atoms. The van der Waals surface area contributed by atoms with Crippen LogP contribution < -0.4 is 10.0 Å². The molecule has 0 spiro atoms. The van der Waals surface area contributed by atoms with Crippen molar-refractivity contribution in [3.8, 4) is 0 Å². The molecule has 0 aliphatic rings.